The second-order valence-corrected chi connectivity index (χ2v) is 3.70. The zero-order valence-electron chi connectivity index (χ0n) is 9.95. The molecule has 2 aromatic rings. The molecule has 90 valence electrons. The molecular formula is C15H15N3. The summed E-state index contributed by atoms with van der Waals surface area (Å²) in [6.45, 7) is 0. The fourth-order valence-corrected chi connectivity index (χ4v) is 1.44. The Morgan fingerprint density at radius 3 is 2.00 bits per heavy atom. The second-order valence-electron chi connectivity index (χ2n) is 3.70. The SMILES string of the molecule is Nc1cccnc1Nc1ccccccccc1. The fraction of sp³-hybridized carbons (Fsp3) is 0. The maximum Gasteiger partial charge on any atom is 0.153 e. The summed E-state index contributed by atoms with van der Waals surface area (Å²) in [6.07, 6.45) is 1.71. The Balaban J connectivity index is 2.32. The van der Waals surface area contributed by atoms with Crippen LogP contribution in [0.3, 0.4) is 0 Å². The number of aromatic nitrogens is 1. The molecule has 0 aliphatic rings. The predicted molar refractivity (Wildman–Crippen MR) is 76.0 cm³/mol. The molecule has 0 saturated heterocycles. The highest BCUT2D eigenvalue weighted by molar-refractivity contribution is 5.67. The van der Waals surface area contributed by atoms with Crippen LogP contribution in [0.2, 0.25) is 0 Å². The molecule has 0 atom stereocenters. The molecule has 0 unspecified atom stereocenters. The molecule has 0 fully saturated rings. The molecule has 3 nitrogen and oxygen atoms in total. The maximum absolute atomic E-state index is 5.84. The smallest absolute Gasteiger partial charge is 0.153 e. The Morgan fingerprint density at radius 1 is 0.778 bits per heavy atom. The summed E-state index contributed by atoms with van der Waals surface area (Å²) in [7, 11) is 0. The first-order chi connectivity index (χ1) is 8.86. The van der Waals surface area contributed by atoms with Crippen molar-refractivity contribution in [3.63, 3.8) is 0 Å². The highest BCUT2D eigenvalue weighted by atomic mass is 15.0. The Kier molecular flexibility index (Phi) is 4.14. The zero-order chi connectivity index (χ0) is 12.6. The van der Waals surface area contributed by atoms with Gasteiger partial charge in [0.25, 0.3) is 0 Å². The number of hydrogen-bond acceptors (Lipinski definition) is 3. The van der Waals surface area contributed by atoms with Crippen LogP contribution in [0.15, 0.2) is 72.9 Å². The third-order valence-electron chi connectivity index (χ3n) is 2.32. The van der Waals surface area contributed by atoms with Crippen LogP contribution in [0.25, 0.3) is 0 Å². The number of pyridine rings is 1. The number of nitrogen functional groups attached to an aromatic ring is 1. The molecule has 3 heteroatoms. The van der Waals surface area contributed by atoms with Crippen molar-refractivity contribution in [2.24, 2.45) is 0 Å². The van der Waals surface area contributed by atoms with E-state index in [0.717, 1.165) is 5.69 Å². The summed E-state index contributed by atoms with van der Waals surface area (Å²) < 4.78 is 0. The lowest BCUT2D eigenvalue weighted by molar-refractivity contribution is 1.31. The molecule has 0 amide bonds. The molecule has 0 bridgehead atoms. The van der Waals surface area contributed by atoms with Crippen LogP contribution in [-0.2, 0) is 0 Å². The van der Waals surface area contributed by atoms with Crippen LogP contribution in [-0.4, -0.2) is 4.98 Å². The van der Waals surface area contributed by atoms with Crippen molar-refractivity contribution in [3.05, 3.63) is 72.9 Å². The normalized spacial score (nSPS) is 9.33. The van der Waals surface area contributed by atoms with E-state index in [0.29, 0.717) is 11.5 Å². The van der Waals surface area contributed by atoms with Crippen LogP contribution in [0, 0.1) is 0 Å². The first-order valence-electron chi connectivity index (χ1n) is 5.72. The number of anilines is 3. The van der Waals surface area contributed by atoms with E-state index in [-0.39, 0.29) is 0 Å². The topological polar surface area (TPSA) is 50.9 Å². The molecule has 1 aromatic carbocycles. The molecule has 2 rings (SSSR count). The first-order valence-corrected chi connectivity index (χ1v) is 5.72. The van der Waals surface area contributed by atoms with Crippen molar-refractivity contribution < 1.29 is 0 Å². The van der Waals surface area contributed by atoms with Crippen molar-refractivity contribution in [2.75, 3.05) is 11.1 Å². The van der Waals surface area contributed by atoms with E-state index in [9.17, 15) is 0 Å². The van der Waals surface area contributed by atoms with Gasteiger partial charge in [-0.15, -0.1) is 0 Å². The van der Waals surface area contributed by atoms with Crippen LogP contribution in [0.1, 0.15) is 0 Å². The molecule has 3 N–H and O–H groups in total. The predicted octanol–water partition coefficient (Wildman–Crippen LogP) is 3.53. The fourth-order valence-electron chi connectivity index (χ4n) is 1.44. The van der Waals surface area contributed by atoms with Crippen molar-refractivity contribution in [3.8, 4) is 0 Å². The maximum atomic E-state index is 5.84. The Morgan fingerprint density at radius 2 is 1.39 bits per heavy atom. The Hall–Kier alpha value is -2.55. The van der Waals surface area contributed by atoms with Gasteiger partial charge >= 0.3 is 0 Å². The van der Waals surface area contributed by atoms with Crippen molar-refractivity contribution >= 4 is 17.2 Å². The Bertz CT molecular complexity index is 541. The van der Waals surface area contributed by atoms with Crippen LogP contribution in [0.4, 0.5) is 17.2 Å². The molecule has 1 heterocycles. The standard InChI is InChI=1S/C15H15N3/c16-14-11-8-12-17-15(14)18-13-9-6-4-2-1-3-5-7-10-13/h1-12H,16H2,(H,17,18). The highest BCUT2D eigenvalue weighted by Crippen LogP contribution is 2.18. The van der Waals surface area contributed by atoms with Gasteiger partial charge in [-0.05, 0) is 24.3 Å². The quantitative estimate of drug-likeness (QED) is 0.840. The van der Waals surface area contributed by atoms with E-state index in [1.165, 1.54) is 0 Å². The van der Waals surface area contributed by atoms with Gasteiger partial charge in [0.05, 0.1) is 5.69 Å². The van der Waals surface area contributed by atoms with Gasteiger partial charge < -0.3 is 11.1 Å². The average molecular weight is 237 g/mol. The summed E-state index contributed by atoms with van der Waals surface area (Å²) in [5, 5.41) is 3.19. The molecule has 0 spiro atoms. The van der Waals surface area contributed by atoms with Gasteiger partial charge in [-0.1, -0.05) is 42.5 Å². The van der Waals surface area contributed by atoms with Gasteiger partial charge in [0.2, 0.25) is 0 Å². The van der Waals surface area contributed by atoms with Gasteiger partial charge in [-0.25, -0.2) is 4.98 Å². The number of hydrogen-bond donors (Lipinski definition) is 2. The monoisotopic (exact) mass is 237 g/mol. The van der Waals surface area contributed by atoms with Crippen molar-refractivity contribution in [1.29, 1.82) is 0 Å². The number of nitrogens with zero attached hydrogens (tertiary/aromatic N) is 1. The zero-order valence-corrected chi connectivity index (χ0v) is 9.95. The van der Waals surface area contributed by atoms with Gasteiger partial charge in [-0.2, -0.15) is 0 Å². The van der Waals surface area contributed by atoms with Gasteiger partial charge in [0.15, 0.2) is 5.82 Å². The summed E-state index contributed by atoms with van der Waals surface area (Å²) in [6, 6.07) is 21.3. The van der Waals surface area contributed by atoms with Crippen LogP contribution < -0.4 is 11.1 Å². The number of rotatable bonds is 2. The molecule has 0 saturated carbocycles. The minimum atomic E-state index is 0.628. The molecule has 1 aromatic heterocycles. The summed E-state index contributed by atoms with van der Waals surface area (Å²) >= 11 is 0. The molecule has 0 radical (unpaired) electrons. The van der Waals surface area contributed by atoms with Gasteiger partial charge in [-0.3, -0.25) is 0 Å². The largest absolute Gasteiger partial charge is 0.396 e. The van der Waals surface area contributed by atoms with Crippen molar-refractivity contribution in [1.82, 2.24) is 4.98 Å². The minimum Gasteiger partial charge on any atom is -0.396 e. The molecule has 18 heavy (non-hydrogen) atoms. The Labute approximate surface area is 107 Å². The van der Waals surface area contributed by atoms with E-state index in [1.54, 1.807) is 6.20 Å². The first kappa shape index (κ1) is 11.9. The lowest BCUT2D eigenvalue weighted by Gasteiger charge is -2.06. The second kappa shape index (κ2) is 6.25. The van der Waals surface area contributed by atoms with Gasteiger partial charge in [0.1, 0.15) is 0 Å². The summed E-state index contributed by atoms with van der Waals surface area (Å²) in [5.74, 6) is 0.665. The van der Waals surface area contributed by atoms with E-state index in [2.05, 4.69) is 10.3 Å². The minimum absolute atomic E-state index is 0.628. The van der Waals surface area contributed by atoms with E-state index in [1.807, 2.05) is 66.7 Å². The number of nitrogens with one attached hydrogen (secondary N) is 1. The molecule has 0 aliphatic heterocycles. The molecule has 0 aliphatic carbocycles. The van der Waals surface area contributed by atoms with Crippen molar-refractivity contribution in [2.45, 2.75) is 0 Å². The number of nitrogens with two attached hydrogens (primary N) is 1. The van der Waals surface area contributed by atoms with E-state index < -0.39 is 0 Å². The average Bonchev–Trinajstić information content (AvgIpc) is 2.40. The lowest BCUT2D eigenvalue weighted by Crippen LogP contribution is -1.97. The van der Waals surface area contributed by atoms with E-state index in [4.69, 9.17) is 5.73 Å². The van der Waals surface area contributed by atoms with E-state index >= 15 is 0 Å². The van der Waals surface area contributed by atoms with Crippen LogP contribution in [0.5, 0.6) is 0 Å². The summed E-state index contributed by atoms with van der Waals surface area (Å²) in [5.41, 5.74) is 7.40. The molecular weight excluding hydrogens is 222 g/mol. The van der Waals surface area contributed by atoms with Crippen LogP contribution >= 0.6 is 0 Å². The summed E-state index contributed by atoms with van der Waals surface area (Å²) in [4.78, 5) is 4.20. The highest BCUT2D eigenvalue weighted by Gasteiger charge is 1.97. The van der Waals surface area contributed by atoms with Gasteiger partial charge in [0, 0.05) is 11.9 Å². The third-order valence-corrected chi connectivity index (χ3v) is 2.32. The lowest BCUT2D eigenvalue weighted by atomic mass is 10.3. The third kappa shape index (κ3) is 3.49.